The average Bonchev–Trinajstić information content (AvgIpc) is 3.69. The smallest absolute Gasteiger partial charge is 0.419 e. The topological polar surface area (TPSA) is 89.3 Å². The van der Waals surface area contributed by atoms with Gasteiger partial charge in [0.25, 0.3) is 0 Å². The highest BCUT2D eigenvalue weighted by atomic mass is 19.4. The van der Waals surface area contributed by atoms with Crippen molar-refractivity contribution in [1.82, 2.24) is 29.9 Å². The first-order valence-corrected chi connectivity index (χ1v) is 14.3. The normalized spacial score (nSPS) is 16.0. The Morgan fingerprint density at radius 2 is 1.84 bits per heavy atom. The molecule has 9 nitrogen and oxygen atoms in total. The van der Waals surface area contributed by atoms with Gasteiger partial charge in [-0.2, -0.15) is 13.2 Å². The van der Waals surface area contributed by atoms with Crippen molar-refractivity contribution in [3.05, 3.63) is 77.5 Å². The molecule has 43 heavy (non-hydrogen) atoms. The Labute approximate surface area is 247 Å². The molecule has 6 rings (SSSR count). The van der Waals surface area contributed by atoms with Crippen LogP contribution in [0.15, 0.2) is 55.1 Å². The number of halogens is 3. The van der Waals surface area contributed by atoms with E-state index >= 15 is 0 Å². The number of piperazine rings is 1. The van der Waals surface area contributed by atoms with Crippen LogP contribution in [0.1, 0.15) is 40.0 Å². The number of hydrogen-bond donors (Lipinski definition) is 0. The van der Waals surface area contributed by atoms with Gasteiger partial charge in [-0.15, -0.1) is 5.10 Å². The largest absolute Gasteiger partial charge is 0.496 e. The Kier molecular flexibility index (Phi) is 7.87. The summed E-state index contributed by atoms with van der Waals surface area (Å²) in [6.07, 6.45) is 4.89. The second kappa shape index (κ2) is 11.8. The van der Waals surface area contributed by atoms with Crippen molar-refractivity contribution in [1.29, 1.82) is 0 Å². The van der Waals surface area contributed by atoms with E-state index in [9.17, 15) is 18.0 Å². The van der Waals surface area contributed by atoms with Crippen molar-refractivity contribution < 1.29 is 22.7 Å². The zero-order valence-electron chi connectivity index (χ0n) is 24.0. The van der Waals surface area contributed by atoms with Gasteiger partial charge >= 0.3 is 6.18 Å². The number of aromatic nitrogens is 5. The second-order valence-electron chi connectivity index (χ2n) is 11.2. The van der Waals surface area contributed by atoms with Crippen molar-refractivity contribution >= 4 is 11.5 Å². The first kappa shape index (κ1) is 28.8. The first-order valence-electron chi connectivity index (χ1n) is 14.3. The van der Waals surface area contributed by atoms with Gasteiger partial charge < -0.3 is 9.64 Å². The SMILES string of the molecule is COc1ccc(C(=O)Cc2cnc(C)c(-n3cc(-c4cncc(N5CCN(CC6CC6)CC5)c4)nn3)c2)cc1C(F)(F)F. The predicted molar refractivity (Wildman–Crippen MR) is 155 cm³/mol. The summed E-state index contributed by atoms with van der Waals surface area (Å²) in [5.74, 6) is 0.0805. The molecule has 0 unspecified atom stereocenters. The lowest BCUT2D eigenvalue weighted by atomic mass is 10.0. The van der Waals surface area contributed by atoms with Crippen LogP contribution in [0.4, 0.5) is 18.9 Å². The number of pyridine rings is 2. The Balaban J connectivity index is 1.17. The third kappa shape index (κ3) is 6.53. The van der Waals surface area contributed by atoms with Gasteiger partial charge in [0.15, 0.2) is 5.78 Å². The molecule has 224 valence electrons. The lowest BCUT2D eigenvalue weighted by molar-refractivity contribution is -0.138. The highest BCUT2D eigenvalue weighted by Crippen LogP contribution is 2.37. The van der Waals surface area contributed by atoms with Gasteiger partial charge in [0.05, 0.1) is 42.1 Å². The van der Waals surface area contributed by atoms with Crippen LogP contribution in [0, 0.1) is 12.8 Å². The number of Topliss-reactive ketones (excluding diaryl/α,β-unsaturated/α-hetero) is 1. The van der Waals surface area contributed by atoms with Gasteiger partial charge in [0.1, 0.15) is 11.4 Å². The monoisotopic (exact) mass is 591 g/mol. The van der Waals surface area contributed by atoms with Crippen LogP contribution in [0.2, 0.25) is 0 Å². The minimum atomic E-state index is -4.65. The minimum Gasteiger partial charge on any atom is -0.496 e. The molecular formula is C31H32F3N7O2. The number of ketones is 1. The van der Waals surface area contributed by atoms with Crippen LogP contribution in [0.5, 0.6) is 5.75 Å². The number of carbonyl (C=O) groups is 1. The Bertz CT molecular complexity index is 1630. The molecule has 1 saturated carbocycles. The second-order valence-corrected chi connectivity index (χ2v) is 11.2. The average molecular weight is 592 g/mol. The fraction of sp³-hybridized carbons (Fsp3) is 0.387. The number of methoxy groups -OCH3 is 1. The lowest BCUT2D eigenvalue weighted by Gasteiger charge is -2.36. The van der Waals surface area contributed by atoms with E-state index in [0.717, 1.165) is 62.6 Å². The molecule has 1 saturated heterocycles. The highest BCUT2D eigenvalue weighted by molar-refractivity contribution is 5.98. The van der Waals surface area contributed by atoms with Crippen LogP contribution >= 0.6 is 0 Å². The number of alkyl halides is 3. The Morgan fingerprint density at radius 1 is 1.05 bits per heavy atom. The van der Waals surface area contributed by atoms with Crippen LogP contribution in [-0.2, 0) is 12.6 Å². The molecule has 2 fully saturated rings. The van der Waals surface area contributed by atoms with Crippen molar-refractivity contribution in [2.75, 3.05) is 44.7 Å². The van der Waals surface area contributed by atoms with E-state index in [-0.39, 0.29) is 17.7 Å². The summed E-state index contributed by atoms with van der Waals surface area (Å²) in [5, 5.41) is 8.66. The maximum atomic E-state index is 13.5. The fourth-order valence-electron chi connectivity index (χ4n) is 5.39. The number of anilines is 1. The van der Waals surface area contributed by atoms with Gasteiger partial charge in [-0.1, -0.05) is 5.21 Å². The number of benzene rings is 1. The zero-order valence-corrected chi connectivity index (χ0v) is 24.0. The van der Waals surface area contributed by atoms with E-state index < -0.39 is 17.5 Å². The fourth-order valence-corrected chi connectivity index (χ4v) is 5.39. The zero-order chi connectivity index (χ0) is 30.1. The van der Waals surface area contributed by atoms with E-state index in [0.29, 0.717) is 22.6 Å². The van der Waals surface area contributed by atoms with Crippen molar-refractivity contribution in [2.45, 2.75) is 32.4 Å². The number of hydrogen-bond acceptors (Lipinski definition) is 8. The minimum absolute atomic E-state index is 0.0602. The third-order valence-electron chi connectivity index (χ3n) is 8.02. The van der Waals surface area contributed by atoms with Crippen LogP contribution in [0.3, 0.4) is 0 Å². The van der Waals surface area contributed by atoms with Gasteiger partial charge in [0, 0.05) is 62.7 Å². The summed E-state index contributed by atoms with van der Waals surface area (Å²) in [6.45, 7) is 7.02. The Morgan fingerprint density at radius 3 is 2.56 bits per heavy atom. The molecule has 0 atom stereocenters. The Hall–Kier alpha value is -4.32. The molecule has 0 N–H and O–H groups in total. The van der Waals surface area contributed by atoms with Gasteiger partial charge in [0.2, 0.25) is 0 Å². The van der Waals surface area contributed by atoms with E-state index in [1.54, 1.807) is 29.3 Å². The van der Waals surface area contributed by atoms with Crippen LogP contribution in [-0.4, -0.2) is 75.5 Å². The molecule has 4 aromatic rings. The molecule has 0 radical (unpaired) electrons. The van der Waals surface area contributed by atoms with E-state index in [1.165, 1.54) is 25.5 Å². The van der Waals surface area contributed by atoms with Gasteiger partial charge in [-0.3, -0.25) is 19.7 Å². The molecule has 4 heterocycles. The molecule has 0 amide bonds. The molecule has 1 aliphatic heterocycles. The third-order valence-corrected chi connectivity index (χ3v) is 8.02. The summed E-state index contributed by atoms with van der Waals surface area (Å²) in [7, 11) is 1.16. The van der Waals surface area contributed by atoms with Crippen LogP contribution in [0.25, 0.3) is 16.9 Å². The molecule has 1 aromatic carbocycles. The van der Waals surface area contributed by atoms with Crippen molar-refractivity contribution in [3.63, 3.8) is 0 Å². The molecule has 1 aliphatic carbocycles. The number of nitrogens with zero attached hydrogens (tertiary/aromatic N) is 7. The molecule has 0 bridgehead atoms. The highest BCUT2D eigenvalue weighted by Gasteiger charge is 2.35. The summed E-state index contributed by atoms with van der Waals surface area (Å²) in [6, 6.07) is 7.14. The summed E-state index contributed by atoms with van der Waals surface area (Å²) in [4.78, 5) is 26.7. The molecular weight excluding hydrogens is 559 g/mol. The van der Waals surface area contributed by atoms with E-state index in [1.807, 2.05) is 13.1 Å². The molecule has 0 spiro atoms. The van der Waals surface area contributed by atoms with Crippen molar-refractivity contribution in [2.24, 2.45) is 5.92 Å². The van der Waals surface area contributed by atoms with Gasteiger partial charge in [-0.05, 0) is 61.6 Å². The number of rotatable bonds is 9. The standard InChI is InChI=1S/C31H32F3N7O2/c1-20-28(11-22(15-36-20)12-29(42)23-5-6-30(43-2)26(14-23)31(32,33)34)41-19-27(37-38-41)24-13-25(17-35-16-24)40-9-7-39(8-10-40)18-21-3-4-21/h5-6,11,13-17,19,21H,3-4,7-10,12,18H2,1-2H3. The summed E-state index contributed by atoms with van der Waals surface area (Å²) in [5.41, 5.74) is 3.28. The number of aryl methyl sites for hydroxylation is 1. The summed E-state index contributed by atoms with van der Waals surface area (Å²) >= 11 is 0. The van der Waals surface area contributed by atoms with Gasteiger partial charge in [-0.25, -0.2) is 4.68 Å². The quantitative estimate of drug-likeness (QED) is 0.251. The lowest BCUT2D eigenvalue weighted by Crippen LogP contribution is -2.47. The molecule has 12 heteroatoms. The van der Waals surface area contributed by atoms with E-state index in [2.05, 4.69) is 36.1 Å². The molecule has 3 aromatic heterocycles. The maximum absolute atomic E-state index is 13.5. The first-order chi connectivity index (χ1) is 20.7. The predicted octanol–water partition coefficient (Wildman–Crippen LogP) is 5.02. The summed E-state index contributed by atoms with van der Waals surface area (Å²) < 4.78 is 46.8. The van der Waals surface area contributed by atoms with E-state index in [4.69, 9.17) is 4.74 Å². The van der Waals surface area contributed by atoms with Crippen LogP contribution < -0.4 is 9.64 Å². The number of ether oxygens (including phenoxy) is 1. The van der Waals surface area contributed by atoms with Crippen molar-refractivity contribution in [3.8, 4) is 22.7 Å². The molecule has 2 aliphatic rings. The number of carbonyl (C=O) groups excluding carboxylic acids is 1. The maximum Gasteiger partial charge on any atom is 0.419 e.